The van der Waals surface area contributed by atoms with Gasteiger partial charge in [-0.05, 0) is 35.6 Å². The largest absolute Gasteiger partial charge is 0.497 e. The van der Waals surface area contributed by atoms with E-state index in [0.29, 0.717) is 32.6 Å². The van der Waals surface area contributed by atoms with E-state index in [4.69, 9.17) is 4.74 Å². The third-order valence-electron chi connectivity index (χ3n) is 4.58. The molecule has 2 heterocycles. The molecule has 132 valence electrons. The Bertz CT molecular complexity index is 692. The van der Waals surface area contributed by atoms with Crippen LogP contribution in [-0.4, -0.2) is 55.4 Å². The van der Waals surface area contributed by atoms with Crippen LogP contribution >= 0.6 is 11.3 Å². The molecule has 1 aliphatic rings. The van der Waals surface area contributed by atoms with Crippen molar-refractivity contribution in [2.24, 2.45) is 0 Å². The Labute approximate surface area is 151 Å². The Morgan fingerprint density at radius 1 is 1.20 bits per heavy atom. The molecule has 1 aromatic carbocycles. The van der Waals surface area contributed by atoms with Crippen molar-refractivity contribution in [2.45, 2.75) is 12.3 Å². The van der Waals surface area contributed by atoms with E-state index in [1.165, 1.54) is 4.88 Å². The van der Waals surface area contributed by atoms with Crippen LogP contribution in [0, 0.1) is 0 Å². The minimum Gasteiger partial charge on any atom is -0.497 e. The lowest BCUT2D eigenvalue weighted by atomic mass is 9.93. The molecule has 5 nitrogen and oxygen atoms in total. The van der Waals surface area contributed by atoms with Crippen molar-refractivity contribution in [3.8, 4) is 5.75 Å². The molecule has 1 fully saturated rings. The summed E-state index contributed by atoms with van der Waals surface area (Å²) in [6, 6.07) is 11.8. The van der Waals surface area contributed by atoms with Gasteiger partial charge in [-0.15, -0.1) is 11.3 Å². The second-order valence-corrected chi connectivity index (χ2v) is 7.11. The maximum absolute atomic E-state index is 13.2. The highest BCUT2D eigenvalue weighted by atomic mass is 32.1. The van der Waals surface area contributed by atoms with E-state index in [0.717, 1.165) is 17.7 Å². The van der Waals surface area contributed by atoms with Crippen LogP contribution in [0.1, 0.15) is 16.4 Å². The third-order valence-corrected chi connectivity index (χ3v) is 5.48. The van der Waals surface area contributed by atoms with Crippen LogP contribution in [0.2, 0.25) is 0 Å². The van der Waals surface area contributed by atoms with E-state index >= 15 is 0 Å². The van der Waals surface area contributed by atoms with Crippen molar-refractivity contribution in [3.63, 3.8) is 0 Å². The molecule has 6 heteroatoms. The summed E-state index contributed by atoms with van der Waals surface area (Å²) in [5.74, 6) is 0.696. The first-order valence-electron chi connectivity index (χ1n) is 8.35. The van der Waals surface area contributed by atoms with Gasteiger partial charge < -0.3 is 14.5 Å². The number of methoxy groups -OCH3 is 1. The lowest BCUT2D eigenvalue weighted by molar-refractivity contribution is -0.136. The number of ether oxygens (including phenoxy) is 1. The minimum atomic E-state index is -0.215. The number of benzene rings is 1. The van der Waals surface area contributed by atoms with E-state index in [2.05, 4.69) is 6.07 Å². The summed E-state index contributed by atoms with van der Waals surface area (Å²) in [5.41, 5.74) is 0.997. The zero-order valence-corrected chi connectivity index (χ0v) is 15.1. The van der Waals surface area contributed by atoms with Gasteiger partial charge in [0.25, 0.3) is 0 Å². The molecule has 2 aromatic rings. The summed E-state index contributed by atoms with van der Waals surface area (Å²) in [6.07, 6.45) is 1.55. The number of amides is 2. The molecule has 0 aliphatic carbocycles. The normalized spacial score (nSPS) is 15.7. The Kier molecular flexibility index (Phi) is 5.71. The van der Waals surface area contributed by atoms with Crippen LogP contribution in [-0.2, 0) is 16.0 Å². The highest BCUT2D eigenvalue weighted by Crippen LogP contribution is 2.27. The molecule has 0 saturated carbocycles. The Balaban J connectivity index is 1.79. The van der Waals surface area contributed by atoms with Crippen molar-refractivity contribution >= 4 is 23.7 Å². The zero-order valence-electron chi connectivity index (χ0n) is 14.3. The highest BCUT2D eigenvalue weighted by molar-refractivity contribution is 7.09. The third kappa shape index (κ3) is 4.20. The van der Waals surface area contributed by atoms with Crippen LogP contribution in [0.4, 0.5) is 0 Å². The van der Waals surface area contributed by atoms with Crippen LogP contribution in [0.5, 0.6) is 5.75 Å². The molecule has 2 amide bonds. The second kappa shape index (κ2) is 8.16. The summed E-state index contributed by atoms with van der Waals surface area (Å²) in [5, 5.41) is 2.04. The average Bonchev–Trinajstić information content (AvgIpc) is 3.19. The molecule has 3 rings (SSSR count). The topological polar surface area (TPSA) is 49.9 Å². The molecule has 1 aliphatic heterocycles. The molecular weight excluding hydrogens is 336 g/mol. The Hall–Kier alpha value is -2.34. The number of carbonyl (C=O) groups excluding carboxylic acids is 2. The number of hydrogen-bond donors (Lipinski definition) is 0. The van der Waals surface area contributed by atoms with E-state index in [1.54, 1.807) is 23.3 Å². The first-order valence-corrected chi connectivity index (χ1v) is 9.23. The lowest BCUT2D eigenvalue weighted by Gasteiger charge is -2.34. The average molecular weight is 358 g/mol. The molecule has 1 saturated heterocycles. The van der Waals surface area contributed by atoms with E-state index in [1.807, 2.05) is 40.6 Å². The van der Waals surface area contributed by atoms with Gasteiger partial charge >= 0.3 is 0 Å². The number of hydrogen-bond acceptors (Lipinski definition) is 4. The van der Waals surface area contributed by atoms with Crippen molar-refractivity contribution < 1.29 is 14.3 Å². The standard InChI is InChI=1S/C19H22N2O3S/c1-24-16-6-4-15(5-7-16)18(13-17-3-2-12-25-17)19(23)21-10-8-20(14-22)9-11-21/h2-7,12,14,18H,8-11,13H2,1H3. The maximum atomic E-state index is 13.2. The van der Waals surface area contributed by atoms with Gasteiger partial charge in [0.1, 0.15) is 5.75 Å². The Morgan fingerprint density at radius 2 is 1.92 bits per heavy atom. The molecule has 0 spiro atoms. The van der Waals surface area contributed by atoms with Gasteiger partial charge in [-0.1, -0.05) is 18.2 Å². The molecule has 1 atom stereocenters. The fourth-order valence-electron chi connectivity index (χ4n) is 3.08. The summed E-state index contributed by atoms with van der Waals surface area (Å²) in [7, 11) is 1.63. The fraction of sp³-hybridized carbons (Fsp3) is 0.368. The van der Waals surface area contributed by atoms with Gasteiger partial charge in [-0.3, -0.25) is 9.59 Å². The van der Waals surface area contributed by atoms with Gasteiger partial charge in [-0.2, -0.15) is 0 Å². The number of carbonyl (C=O) groups is 2. The second-order valence-electron chi connectivity index (χ2n) is 6.08. The summed E-state index contributed by atoms with van der Waals surface area (Å²) in [6.45, 7) is 2.39. The van der Waals surface area contributed by atoms with Crippen LogP contribution < -0.4 is 4.74 Å². The van der Waals surface area contributed by atoms with Gasteiger partial charge in [0.05, 0.1) is 13.0 Å². The zero-order chi connectivity index (χ0) is 17.6. The number of rotatable bonds is 6. The molecule has 1 aromatic heterocycles. The van der Waals surface area contributed by atoms with Crippen LogP contribution in [0.3, 0.4) is 0 Å². The molecular formula is C19H22N2O3S. The van der Waals surface area contributed by atoms with Gasteiger partial charge in [-0.25, -0.2) is 0 Å². The van der Waals surface area contributed by atoms with Crippen molar-refractivity contribution in [2.75, 3.05) is 33.3 Å². The molecule has 1 unspecified atom stereocenters. The van der Waals surface area contributed by atoms with Crippen molar-refractivity contribution in [1.29, 1.82) is 0 Å². The predicted molar refractivity (Wildman–Crippen MR) is 98.0 cm³/mol. The molecule has 0 N–H and O–H groups in total. The van der Waals surface area contributed by atoms with Crippen LogP contribution in [0.15, 0.2) is 41.8 Å². The maximum Gasteiger partial charge on any atom is 0.230 e. The highest BCUT2D eigenvalue weighted by Gasteiger charge is 2.28. The van der Waals surface area contributed by atoms with Gasteiger partial charge in [0.2, 0.25) is 12.3 Å². The van der Waals surface area contributed by atoms with E-state index < -0.39 is 0 Å². The number of thiophene rings is 1. The Morgan fingerprint density at radius 3 is 2.48 bits per heavy atom. The van der Waals surface area contributed by atoms with Gasteiger partial charge in [0, 0.05) is 31.1 Å². The smallest absolute Gasteiger partial charge is 0.230 e. The van der Waals surface area contributed by atoms with Crippen LogP contribution in [0.25, 0.3) is 0 Å². The SMILES string of the molecule is COc1ccc(C(Cc2cccs2)C(=O)N2CCN(C=O)CC2)cc1. The van der Waals surface area contributed by atoms with E-state index in [9.17, 15) is 9.59 Å². The summed E-state index contributed by atoms with van der Waals surface area (Å²) in [4.78, 5) is 28.8. The van der Waals surface area contributed by atoms with Gasteiger partial charge in [0.15, 0.2) is 0 Å². The lowest BCUT2D eigenvalue weighted by Crippen LogP contribution is -2.49. The quantitative estimate of drug-likeness (QED) is 0.745. The van der Waals surface area contributed by atoms with Crippen molar-refractivity contribution in [3.05, 3.63) is 52.2 Å². The number of piperazine rings is 1. The monoisotopic (exact) mass is 358 g/mol. The first kappa shape index (κ1) is 17.5. The molecule has 0 radical (unpaired) electrons. The van der Waals surface area contributed by atoms with Crippen molar-refractivity contribution in [1.82, 2.24) is 9.80 Å². The minimum absolute atomic E-state index is 0.129. The summed E-state index contributed by atoms with van der Waals surface area (Å²) < 4.78 is 5.22. The predicted octanol–water partition coefficient (Wildman–Crippen LogP) is 2.38. The summed E-state index contributed by atoms with van der Waals surface area (Å²) >= 11 is 1.67. The van der Waals surface area contributed by atoms with E-state index in [-0.39, 0.29) is 11.8 Å². The first-order chi connectivity index (χ1) is 12.2. The number of nitrogens with zero attached hydrogens (tertiary/aromatic N) is 2. The fourth-order valence-corrected chi connectivity index (χ4v) is 3.83. The molecule has 25 heavy (non-hydrogen) atoms. The molecule has 0 bridgehead atoms.